The number of methoxy groups -OCH3 is 1. The minimum atomic E-state index is 0.191. The van der Waals surface area contributed by atoms with Gasteiger partial charge in [-0.1, -0.05) is 12.1 Å². The summed E-state index contributed by atoms with van der Waals surface area (Å²) >= 11 is 0. The van der Waals surface area contributed by atoms with Crippen molar-refractivity contribution in [3.8, 4) is 0 Å². The fourth-order valence-corrected chi connectivity index (χ4v) is 2.54. The Kier molecular flexibility index (Phi) is 3.62. The molecule has 6 nitrogen and oxygen atoms in total. The van der Waals surface area contributed by atoms with E-state index in [4.69, 9.17) is 10.1 Å². The van der Waals surface area contributed by atoms with Gasteiger partial charge in [0.25, 0.3) is 0 Å². The number of benzene rings is 1. The van der Waals surface area contributed by atoms with Crippen molar-refractivity contribution in [3.63, 3.8) is 0 Å². The Morgan fingerprint density at radius 1 is 1.43 bits per heavy atom. The molecule has 2 heterocycles. The van der Waals surface area contributed by atoms with Gasteiger partial charge < -0.3 is 19.7 Å². The van der Waals surface area contributed by atoms with Gasteiger partial charge in [-0.2, -0.15) is 0 Å². The van der Waals surface area contributed by atoms with Gasteiger partial charge >= 0.3 is 0 Å². The van der Waals surface area contributed by atoms with E-state index in [1.54, 1.807) is 7.11 Å². The Hall–Kier alpha value is -2.34. The zero-order valence-electron chi connectivity index (χ0n) is 11.9. The molecule has 0 saturated carbocycles. The molecule has 1 aromatic carbocycles. The Balaban J connectivity index is 1.84. The van der Waals surface area contributed by atoms with Crippen LogP contribution in [0.5, 0.6) is 0 Å². The summed E-state index contributed by atoms with van der Waals surface area (Å²) in [4.78, 5) is 9.46. The van der Waals surface area contributed by atoms with Gasteiger partial charge in [0.2, 0.25) is 0 Å². The maximum absolute atomic E-state index is 10.2. The van der Waals surface area contributed by atoms with E-state index in [-0.39, 0.29) is 5.76 Å². The van der Waals surface area contributed by atoms with Crippen molar-refractivity contribution in [3.05, 3.63) is 35.8 Å². The van der Waals surface area contributed by atoms with Crippen molar-refractivity contribution in [2.45, 2.75) is 6.42 Å². The van der Waals surface area contributed by atoms with Gasteiger partial charge in [0.1, 0.15) is 17.4 Å². The molecule has 110 valence electrons. The maximum atomic E-state index is 10.2. The molecule has 1 aliphatic rings. The largest absolute Gasteiger partial charge is 0.510 e. The van der Waals surface area contributed by atoms with Crippen LogP contribution in [0, 0.1) is 5.41 Å². The predicted octanol–water partition coefficient (Wildman–Crippen LogP) is 2.16. The number of imidazole rings is 1. The van der Waals surface area contributed by atoms with Crippen LogP contribution in [-0.2, 0) is 4.74 Å². The second-order valence-electron chi connectivity index (χ2n) is 5.04. The minimum absolute atomic E-state index is 0.191. The summed E-state index contributed by atoms with van der Waals surface area (Å²) in [7, 11) is 1.66. The molecular weight excluding hydrogens is 268 g/mol. The van der Waals surface area contributed by atoms with Crippen molar-refractivity contribution >= 4 is 22.4 Å². The Morgan fingerprint density at radius 2 is 2.24 bits per heavy atom. The summed E-state index contributed by atoms with van der Waals surface area (Å²) < 4.78 is 5.02. The first-order valence-corrected chi connectivity index (χ1v) is 6.90. The maximum Gasteiger partial charge on any atom is 0.145 e. The predicted molar refractivity (Wildman–Crippen MR) is 81.4 cm³/mol. The zero-order chi connectivity index (χ0) is 14.8. The SMILES string of the molecule is COCCCN1CC(O)=C(c2nc3ccccc3[nH]2)C1=N. The number of nitrogens with one attached hydrogen (secondary N) is 2. The van der Waals surface area contributed by atoms with Gasteiger partial charge in [0, 0.05) is 20.3 Å². The molecule has 3 N–H and O–H groups in total. The molecule has 6 heteroatoms. The van der Waals surface area contributed by atoms with Gasteiger partial charge in [-0.25, -0.2) is 4.98 Å². The molecule has 0 radical (unpaired) electrons. The standard InChI is InChI=1S/C15H18N4O2/c1-21-8-4-7-19-9-12(20)13(14(19)16)15-17-10-5-2-3-6-11(10)18-15/h2-3,5-6,16,20H,4,7-9H2,1H3,(H,17,18). The molecule has 21 heavy (non-hydrogen) atoms. The van der Waals surface area contributed by atoms with Crippen LogP contribution >= 0.6 is 0 Å². The van der Waals surface area contributed by atoms with E-state index >= 15 is 0 Å². The number of para-hydroxylation sites is 2. The van der Waals surface area contributed by atoms with Crippen LogP contribution in [0.4, 0.5) is 0 Å². The summed E-state index contributed by atoms with van der Waals surface area (Å²) in [6.07, 6.45) is 0.819. The third kappa shape index (κ3) is 2.50. The molecule has 3 rings (SSSR count). The van der Waals surface area contributed by atoms with E-state index in [0.717, 1.165) is 17.5 Å². The highest BCUT2D eigenvalue weighted by molar-refractivity contribution is 6.23. The first kappa shape index (κ1) is 13.6. The number of amidine groups is 1. The molecule has 1 aromatic heterocycles. The van der Waals surface area contributed by atoms with Gasteiger partial charge in [-0.3, -0.25) is 5.41 Å². The highest BCUT2D eigenvalue weighted by Crippen LogP contribution is 2.27. The summed E-state index contributed by atoms with van der Waals surface area (Å²) in [5.41, 5.74) is 2.22. The summed E-state index contributed by atoms with van der Waals surface area (Å²) in [5.74, 6) is 1.05. The van der Waals surface area contributed by atoms with Crippen LogP contribution in [0.25, 0.3) is 16.6 Å². The average molecular weight is 286 g/mol. The third-order valence-corrected chi connectivity index (χ3v) is 3.58. The smallest absolute Gasteiger partial charge is 0.145 e. The van der Waals surface area contributed by atoms with Crippen molar-refractivity contribution in [2.24, 2.45) is 0 Å². The second-order valence-corrected chi connectivity index (χ2v) is 5.04. The summed E-state index contributed by atoms with van der Waals surface area (Å²) in [6.45, 7) is 1.68. The number of aromatic amines is 1. The molecule has 0 saturated heterocycles. The Morgan fingerprint density at radius 3 is 3.00 bits per heavy atom. The molecule has 0 amide bonds. The molecule has 0 spiro atoms. The third-order valence-electron chi connectivity index (χ3n) is 3.58. The highest BCUT2D eigenvalue weighted by Gasteiger charge is 2.29. The second kappa shape index (κ2) is 5.57. The molecule has 0 atom stereocenters. The molecule has 0 aliphatic carbocycles. The summed E-state index contributed by atoms with van der Waals surface area (Å²) in [5, 5.41) is 18.4. The number of hydrogen-bond donors (Lipinski definition) is 3. The van der Waals surface area contributed by atoms with Gasteiger partial charge in [-0.15, -0.1) is 0 Å². The van der Waals surface area contributed by atoms with Gasteiger partial charge in [0.15, 0.2) is 0 Å². The topological polar surface area (TPSA) is 85.2 Å². The molecule has 2 aromatic rings. The lowest BCUT2D eigenvalue weighted by Crippen LogP contribution is -2.28. The van der Waals surface area contributed by atoms with Gasteiger partial charge in [-0.05, 0) is 18.6 Å². The molecule has 0 bridgehead atoms. The van der Waals surface area contributed by atoms with Gasteiger partial charge in [0.05, 0.1) is 23.2 Å². The van der Waals surface area contributed by atoms with Crippen LogP contribution in [0.15, 0.2) is 30.0 Å². The van der Waals surface area contributed by atoms with E-state index in [2.05, 4.69) is 9.97 Å². The monoisotopic (exact) mass is 286 g/mol. The molecule has 1 aliphatic heterocycles. The number of H-pyrrole nitrogens is 1. The molecule has 0 fully saturated rings. The first-order chi connectivity index (χ1) is 10.2. The molecule has 0 unspecified atom stereocenters. The van der Waals surface area contributed by atoms with Crippen LogP contribution in [0.2, 0.25) is 0 Å². The fraction of sp³-hybridized carbons (Fsp3) is 0.333. The molecular formula is C15H18N4O2. The number of aliphatic hydroxyl groups is 1. The lowest BCUT2D eigenvalue weighted by atomic mass is 10.2. The van der Waals surface area contributed by atoms with Crippen LogP contribution in [0.3, 0.4) is 0 Å². The van der Waals surface area contributed by atoms with Crippen LogP contribution < -0.4 is 0 Å². The summed E-state index contributed by atoms with van der Waals surface area (Å²) in [6, 6.07) is 7.67. The number of fused-ring (bicyclic) bond motifs is 1. The number of aliphatic hydroxyl groups excluding tert-OH is 1. The first-order valence-electron chi connectivity index (χ1n) is 6.90. The van der Waals surface area contributed by atoms with Crippen LogP contribution in [0.1, 0.15) is 12.2 Å². The van der Waals surface area contributed by atoms with Crippen molar-refractivity contribution in [2.75, 3.05) is 26.8 Å². The normalized spacial score (nSPS) is 15.5. The van der Waals surface area contributed by atoms with E-state index in [1.807, 2.05) is 29.2 Å². The van der Waals surface area contributed by atoms with E-state index in [9.17, 15) is 5.11 Å². The lowest BCUT2D eigenvalue weighted by Gasteiger charge is -2.17. The quantitative estimate of drug-likeness (QED) is 0.735. The lowest BCUT2D eigenvalue weighted by molar-refractivity contribution is 0.186. The van der Waals surface area contributed by atoms with E-state index in [0.29, 0.717) is 36.9 Å². The number of nitrogens with zero attached hydrogens (tertiary/aromatic N) is 2. The van der Waals surface area contributed by atoms with E-state index in [1.165, 1.54) is 0 Å². The van der Waals surface area contributed by atoms with Crippen LogP contribution in [-0.4, -0.2) is 52.6 Å². The Bertz CT molecular complexity index is 672. The number of ether oxygens (including phenoxy) is 1. The van der Waals surface area contributed by atoms with Crippen molar-refractivity contribution in [1.82, 2.24) is 14.9 Å². The van der Waals surface area contributed by atoms with Crippen molar-refractivity contribution < 1.29 is 9.84 Å². The Labute approximate surface area is 122 Å². The van der Waals surface area contributed by atoms with Crippen molar-refractivity contribution in [1.29, 1.82) is 5.41 Å². The highest BCUT2D eigenvalue weighted by atomic mass is 16.5. The minimum Gasteiger partial charge on any atom is -0.510 e. The number of rotatable bonds is 5. The zero-order valence-corrected chi connectivity index (χ0v) is 11.9. The van der Waals surface area contributed by atoms with E-state index < -0.39 is 0 Å². The fourth-order valence-electron chi connectivity index (χ4n) is 2.54. The number of aromatic nitrogens is 2. The average Bonchev–Trinajstić information content (AvgIpc) is 3.00. The number of hydrogen-bond acceptors (Lipinski definition) is 4.